The van der Waals surface area contributed by atoms with E-state index >= 15 is 0 Å². The zero-order chi connectivity index (χ0) is 14.8. The molecule has 0 atom stereocenters. The molecule has 1 fully saturated rings. The maximum Gasteiger partial charge on any atom is 0.240 e. The standard InChI is InChI=1S/C14H22N2O3S.ClH/c1-10-8-13(9-11(2)14(10)19-3)20(17,18)16-12-4-6-15-7-5-12;/h8-9,12,15-16H,4-7H2,1-3H3;1H. The van der Waals surface area contributed by atoms with Gasteiger partial charge in [0, 0.05) is 6.04 Å². The van der Waals surface area contributed by atoms with Crippen molar-refractivity contribution in [1.82, 2.24) is 10.0 Å². The van der Waals surface area contributed by atoms with E-state index in [1.807, 2.05) is 13.8 Å². The highest BCUT2D eigenvalue weighted by Gasteiger charge is 2.22. The molecule has 1 saturated heterocycles. The predicted octanol–water partition coefficient (Wildman–Crippen LogP) is 1.76. The lowest BCUT2D eigenvalue weighted by molar-refractivity contribution is 0.408. The number of sulfonamides is 1. The lowest BCUT2D eigenvalue weighted by Gasteiger charge is -2.23. The monoisotopic (exact) mass is 334 g/mol. The van der Waals surface area contributed by atoms with Gasteiger partial charge in [0.2, 0.25) is 10.0 Å². The molecule has 0 amide bonds. The van der Waals surface area contributed by atoms with Crippen molar-refractivity contribution in [2.75, 3.05) is 20.2 Å². The van der Waals surface area contributed by atoms with E-state index < -0.39 is 10.0 Å². The Hall–Kier alpha value is -0.820. The fraction of sp³-hybridized carbons (Fsp3) is 0.571. The third-order valence-electron chi connectivity index (χ3n) is 3.61. The van der Waals surface area contributed by atoms with Gasteiger partial charge in [-0.3, -0.25) is 0 Å². The molecule has 1 aromatic carbocycles. The first-order valence-corrected chi connectivity index (χ1v) is 8.30. The van der Waals surface area contributed by atoms with Crippen molar-refractivity contribution in [2.24, 2.45) is 0 Å². The summed E-state index contributed by atoms with van der Waals surface area (Å²) in [5, 5.41) is 3.22. The minimum Gasteiger partial charge on any atom is -0.496 e. The van der Waals surface area contributed by atoms with Crippen LogP contribution in [0.4, 0.5) is 0 Å². The first-order chi connectivity index (χ1) is 9.44. The van der Waals surface area contributed by atoms with Crippen LogP contribution >= 0.6 is 12.4 Å². The van der Waals surface area contributed by atoms with Crippen LogP contribution in [0.25, 0.3) is 0 Å². The van der Waals surface area contributed by atoms with Gasteiger partial charge in [0.25, 0.3) is 0 Å². The number of piperidine rings is 1. The molecule has 0 unspecified atom stereocenters. The second-order valence-electron chi connectivity index (χ2n) is 5.24. The normalized spacial score (nSPS) is 16.3. The Kier molecular flexibility index (Phi) is 6.46. The first kappa shape index (κ1) is 18.2. The van der Waals surface area contributed by atoms with Crippen molar-refractivity contribution in [1.29, 1.82) is 0 Å². The Bertz CT molecular complexity index is 561. The number of hydrogen-bond donors (Lipinski definition) is 2. The summed E-state index contributed by atoms with van der Waals surface area (Å²) in [5.74, 6) is 0.741. The van der Waals surface area contributed by atoms with E-state index in [0.717, 1.165) is 42.8 Å². The molecule has 1 aliphatic heterocycles. The molecule has 2 rings (SSSR count). The highest BCUT2D eigenvalue weighted by molar-refractivity contribution is 7.89. The summed E-state index contributed by atoms with van der Waals surface area (Å²) >= 11 is 0. The maximum absolute atomic E-state index is 12.4. The van der Waals surface area contributed by atoms with Gasteiger partial charge >= 0.3 is 0 Å². The SMILES string of the molecule is COc1c(C)cc(S(=O)(=O)NC2CCNCC2)cc1C.Cl. The minimum atomic E-state index is -3.46. The van der Waals surface area contributed by atoms with Gasteiger partial charge in [-0.1, -0.05) is 0 Å². The van der Waals surface area contributed by atoms with Crippen molar-refractivity contribution < 1.29 is 13.2 Å². The van der Waals surface area contributed by atoms with Gasteiger partial charge in [-0.05, 0) is 63.0 Å². The summed E-state index contributed by atoms with van der Waals surface area (Å²) < 4.78 is 32.9. The number of methoxy groups -OCH3 is 1. The molecule has 0 aromatic heterocycles. The molecule has 7 heteroatoms. The smallest absolute Gasteiger partial charge is 0.240 e. The van der Waals surface area contributed by atoms with Gasteiger partial charge in [0.05, 0.1) is 12.0 Å². The molecule has 1 heterocycles. The number of nitrogens with one attached hydrogen (secondary N) is 2. The Morgan fingerprint density at radius 3 is 2.19 bits per heavy atom. The number of benzene rings is 1. The fourth-order valence-corrected chi connectivity index (χ4v) is 4.09. The molecule has 21 heavy (non-hydrogen) atoms. The van der Waals surface area contributed by atoms with Crippen molar-refractivity contribution in [3.05, 3.63) is 23.3 Å². The molecule has 2 N–H and O–H groups in total. The number of ether oxygens (including phenoxy) is 1. The van der Waals surface area contributed by atoms with Gasteiger partial charge in [-0.15, -0.1) is 12.4 Å². The zero-order valence-corrected chi connectivity index (χ0v) is 14.2. The summed E-state index contributed by atoms with van der Waals surface area (Å²) in [6.07, 6.45) is 1.65. The molecule has 120 valence electrons. The Balaban J connectivity index is 0.00000220. The van der Waals surface area contributed by atoms with Gasteiger partial charge < -0.3 is 10.1 Å². The van der Waals surface area contributed by atoms with Crippen LogP contribution in [0.5, 0.6) is 5.75 Å². The quantitative estimate of drug-likeness (QED) is 0.880. The highest BCUT2D eigenvalue weighted by atomic mass is 35.5. The van der Waals surface area contributed by atoms with Gasteiger partial charge in [0.15, 0.2) is 0 Å². The largest absolute Gasteiger partial charge is 0.496 e. The Morgan fingerprint density at radius 2 is 1.71 bits per heavy atom. The summed E-state index contributed by atoms with van der Waals surface area (Å²) in [6, 6.07) is 3.34. The van der Waals surface area contributed by atoms with E-state index in [1.165, 1.54) is 0 Å². The third kappa shape index (κ3) is 4.32. The summed E-state index contributed by atoms with van der Waals surface area (Å²) in [6.45, 7) is 5.42. The van der Waals surface area contributed by atoms with E-state index in [2.05, 4.69) is 10.0 Å². The van der Waals surface area contributed by atoms with Crippen LogP contribution in [0, 0.1) is 13.8 Å². The Morgan fingerprint density at radius 1 is 1.19 bits per heavy atom. The average Bonchev–Trinajstić information content (AvgIpc) is 2.39. The lowest BCUT2D eigenvalue weighted by atomic mass is 10.1. The zero-order valence-electron chi connectivity index (χ0n) is 12.6. The van der Waals surface area contributed by atoms with Crippen LogP contribution in [-0.2, 0) is 10.0 Å². The molecule has 0 spiro atoms. The first-order valence-electron chi connectivity index (χ1n) is 6.82. The number of aryl methyl sites for hydroxylation is 2. The van der Waals surface area contributed by atoms with Crippen molar-refractivity contribution >= 4 is 22.4 Å². The fourth-order valence-electron chi connectivity index (χ4n) is 2.61. The second-order valence-corrected chi connectivity index (χ2v) is 6.95. The molecule has 0 bridgehead atoms. The van der Waals surface area contributed by atoms with Gasteiger partial charge in [0.1, 0.15) is 5.75 Å². The number of halogens is 1. The molecule has 0 saturated carbocycles. The van der Waals surface area contributed by atoms with Crippen molar-refractivity contribution in [3.63, 3.8) is 0 Å². The van der Waals surface area contributed by atoms with E-state index in [-0.39, 0.29) is 18.4 Å². The van der Waals surface area contributed by atoms with E-state index in [4.69, 9.17) is 4.74 Å². The maximum atomic E-state index is 12.4. The molecule has 0 radical (unpaired) electrons. The molecule has 1 aromatic rings. The average molecular weight is 335 g/mol. The summed E-state index contributed by atoms with van der Waals surface area (Å²) in [5.41, 5.74) is 1.66. The predicted molar refractivity (Wildman–Crippen MR) is 85.9 cm³/mol. The molecule has 0 aliphatic carbocycles. The molecule has 5 nitrogen and oxygen atoms in total. The van der Waals surface area contributed by atoms with Crippen LogP contribution in [0.15, 0.2) is 17.0 Å². The van der Waals surface area contributed by atoms with Crippen molar-refractivity contribution in [2.45, 2.75) is 37.6 Å². The number of rotatable bonds is 4. The topological polar surface area (TPSA) is 67.4 Å². The van der Waals surface area contributed by atoms with E-state index in [9.17, 15) is 8.42 Å². The van der Waals surface area contributed by atoms with Crippen LogP contribution < -0.4 is 14.8 Å². The van der Waals surface area contributed by atoms with Crippen LogP contribution in [-0.4, -0.2) is 34.7 Å². The molecular formula is C14H23ClN2O3S. The second kappa shape index (κ2) is 7.45. The van der Waals surface area contributed by atoms with Crippen LogP contribution in [0.2, 0.25) is 0 Å². The van der Waals surface area contributed by atoms with Gasteiger partial charge in [-0.2, -0.15) is 0 Å². The summed E-state index contributed by atoms with van der Waals surface area (Å²) in [7, 11) is -1.87. The van der Waals surface area contributed by atoms with E-state index in [1.54, 1.807) is 19.2 Å². The summed E-state index contributed by atoms with van der Waals surface area (Å²) in [4.78, 5) is 0.312. The minimum absolute atomic E-state index is 0. The van der Waals surface area contributed by atoms with Crippen molar-refractivity contribution in [3.8, 4) is 5.75 Å². The molecule has 1 aliphatic rings. The van der Waals surface area contributed by atoms with E-state index in [0.29, 0.717) is 4.90 Å². The lowest BCUT2D eigenvalue weighted by Crippen LogP contribution is -2.42. The third-order valence-corrected chi connectivity index (χ3v) is 5.11. The number of hydrogen-bond acceptors (Lipinski definition) is 4. The van der Waals surface area contributed by atoms with Crippen LogP contribution in [0.3, 0.4) is 0 Å². The van der Waals surface area contributed by atoms with Crippen LogP contribution in [0.1, 0.15) is 24.0 Å². The van der Waals surface area contributed by atoms with Gasteiger partial charge in [-0.25, -0.2) is 13.1 Å². The highest BCUT2D eigenvalue weighted by Crippen LogP contribution is 2.26. The molecular weight excluding hydrogens is 312 g/mol. The Labute approximate surface area is 132 Å².